The summed E-state index contributed by atoms with van der Waals surface area (Å²) in [5, 5.41) is 3.96. The molecule has 0 spiro atoms. The molecule has 25 heavy (non-hydrogen) atoms. The van der Waals surface area contributed by atoms with E-state index in [0.717, 1.165) is 16.5 Å². The minimum atomic E-state index is -0.216. The smallest absolute Gasteiger partial charge is 0.255 e. The molecule has 3 nitrogen and oxygen atoms in total. The number of carbonyl (C=O) groups excluding carboxylic acids is 1. The maximum Gasteiger partial charge on any atom is 0.255 e. The van der Waals surface area contributed by atoms with E-state index in [2.05, 4.69) is 35.1 Å². The van der Waals surface area contributed by atoms with Crippen LogP contribution < -0.4 is 10.1 Å². The van der Waals surface area contributed by atoms with E-state index < -0.39 is 0 Å². The molecule has 0 radical (unpaired) electrons. The second-order valence-corrected chi connectivity index (χ2v) is 7.85. The largest absolute Gasteiger partial charge is 0.493 e. The molecule has 0 unspecified atom stereocenters. The van der Waals surface area contributed by atoms with Gasteiger partial charge in [-0.05, 0) is 48.2 Å². The van der Waals surface area contributed by atoms with Gasteiger partial charge in [0, 0.05) is 21.1 Å². The third-order valence-corrected chi connectivity index (χ3v) is 4.67. The van der Waals surface area contributed by atoms with Crippen molar-refractivity contribution in [2.24, 2.45) is 5.92 Å². The number of hydrogen-bond acceptors (Lipinski definition) is 2. The Bertz CT molecular complexity index is 750. The first kappa shape index (κ1) is 20.1. The van der Waals surface area contributed by atoms with Crippen LogP contribution in [-0.2, 0) is 6.54 Å². The molecule has 0 heterocycles. The topological polar surface area (TPSA) is 38.3 Å². The Morgan fingerprint density at radius 2 is 1.96 bits per heavy atom. The summed E-state index contributed by atoms with van der Waals surface area (Å²) in [6, 6.07) is 10.6. The predicted octanol–water partition coefficient (Wildman–Crippen LogP) is 6.11. The SMILES string of the molecule is CC(C)CCOc1ccc(Br)cc1C(=O)NCc1ccc(Cl)cc1Cl. The van der Waals surface area contributed by atoms with Crippen molar-refractivity contribution in [3.8, 4) is 5.75 Å². The fraction of sp³-hybridized carbons (Fsp3) is 0.316. The third-order valence-electron chi connectivity index (χ3n) is 3.59. The highest BCUT2D eigenvalue weighted by Crippen LogP contribution is 2.25. The second-order valence-electron chi connectivity index (χ2n) is 6.09. The molecular weight excluding hydrogens is 425 g/mol. The minimum Gasteiger partial charge on any atom is -0.493 e. The monoisotopic (exact) mass is 443 g/mol. The first-order chi connectivity index (χ1) is 11.9. The molecule has 1 N–H and O–H groups in total. The summed E-state index contributed by atoms with van der Waals surface area (Å²) >= 11 is 15.4. The van der Waals surface area contributed by atoms with Crippen molar-refractivity contribution in [3.05, 3.63) is 62.0 Å². The molecule has 6 heteroatoms. The molecule has 134 valence electrons. The fourth-order valence-corrected chi connectivity index (χ4v) is 2.98. The van der Waals surface area contributed by atoms with Crippen LogP contribution in [0.25, 0.3) is 0 Å². The van der Waals surface area contributed by atoms with E-state index in [-0.39, 0.29) is 5.91 Å². The average Bonchev–Trinajstić information content (AvgIpc) is 2.54. The van der Waals surface area contributed by atoms with Gasteiger partial charge >= 0.3 is 0 Å². The molecule has 0 aliphatic rings. The Labute approximate surface area is 166 Å². The number of benzene rings is 2. The zero-order valence-corrected chi connectivity index (χ0v) is 17.2. The normalized spacial score (nSPS) is 10.8. The molecule has 0 saturated carbocycles. The summed E-state index contributed by atoms with van der Waals surface area (Å²) in [4.78, 5) is 12.6. The number of halogens is 3. The highest BCUT2D eigenvalue weighted by Gasteiger charge is 2.14. The van der Waals surface area contributed by atoms with Crippen molar-refractivity contribution in [1.29, 1.82) is 0 Å². The number of ether oxygens (including phenoxy) is 1. The summed E-state index contributed by atoms with van der Waals surface area (Å²) in [7, 11) is 0. The molecule has 0 bridgehead atoms. The summed E-state index contributed by atoms with van der Waals surface area (Å²) in [6.45, 7) is 5.15. The van der Waals surface area contributed by atoms with Gasteiger partial charge in [0.1, 0.15) is 5.75 Å². The lowest BCUT2D eigenvalue weighted by Crippen LogP contribution is -2.23. The van der Waals surface area contributed by atoms with Crippen molar-refractivity contribution in [2.45, 2.75) is 26.8 Å². The van der Waals surface area contributed by atoms with Gasteiger partial charge in [-0.15, -0.1) is 0 Å². The number of rotatable bonds is 7. The van der Waals surface area contributed by atoms with E-state index in [4.69, 9.17) is 27.9 Å². The molecule has 0 saturated heterocycles. The third kappa shape index (κ3) is 6.21. The van der Waals surface area contributed by atoms with Gasteiger partial charge in [0.15, 0.2) is 0 Å². The zero-order valence-electron chi connectivity index (χ0n) is 14.1. The molecule has 1 amide bonds. The van der Waals surface area contributed by atoms with Gasteiger partial charge in [0.05, 0.1) is 12.2 Å². The van der Waals surface area contributed by atoms with Crippen LogP contribution in [0.1, 0.15) is 36.2 Å². The Kier molecular flexibility index (Phi) is 7.60. The van der Waals surface area contributed by atoms with Crippen molar-refractivity contribution in [3.63, 3.8) is 0 Å². The van der Waals surface area contributed by atoms with Crippen LogP contribution in [0.3, 0.4) is 0 Å². The number of carbonyl (C=O) groups is 1. The second kappa shape index (κ2) is 9.46. The Hall–Kier alpha value is -1.23. The molecule has 0 aliphatic heterocycles. The maximum atomic E-state index is 12.6. The van der Waals surface area contributed by atoms with Crippen molar-refractivity contribution in [1.82, 2.24) is 5.32 Å². The highest BCUT2D eigenvalue weighted by atomic mass is 79.9. The van der Waals surface area contributed by atoms with Crippen LogP contribution in [-0.4, -0.2) is 12.5 Å². The molecule has 2 aromatic rings. The van der Waals surface area contributed by atoms with Crippen molar-refractivity contribution in [2.75, 3.05) is 6.61 Å². The quantitative estimate of drug-likeness (QED) is 0.559. The predicted molar refractivity (Wildman–Crippen MR) is 107 cm³/mol. The number of hydrogen-bond donors (Lipinski definition) is 1. The van der Waals surface area contributed by atoms with Gasteiger partial charge in [-0.1, -0.05) is 59.0 Å². The standard InChI is InChI=1S/C19H20BrCl2NO2/c1-12(2)7-8-25-18-6-4-14(20)9-16(18)19(24)23-11-13-3-5-15(21)10-17(13)22/h3-6,9-10,12H,7-8,11H2,1-2H3,(H,23,24). The number of nitrogens with one attached hydrogen (secondary N) is 1. The Balaban J connectivity index is 2.08. The lowest BCUT2D eigenvalue weighted by Gasteiger charge is -2.13. The first-order valence-electron chi connectivity index (χ1n) is 8.01. The summed E-state index contributed by atoms with van der Waals surface area (Å²) < 4.78 is 6.61. The lowest BCUT2D eigenvalue weighted by molar-refractivity contribution is 0.0946. The van der Waals surface area contributed by atoms with E-state index in [1.54, 1.807) is 30.3 Å². The van der Waals surface area contributed by atoms with Crippen molar-refractivity contribution >= 4 is 45.0 Å². The van der Waals surface area contributed by atoms with Crippen LogP contribution in [0.4, 0.5) is 0 Å². The molecule has 0 atom stereocenters. The molecule has 0 aliphatic carbocycles. The molecule has 2 rings (SSSR count). The van der Waals surface area contributed by atoms with Gasteiger partial charge in [0.25, 0.3) is 5.91 Å². The van der Waals surface area contributed by atoms with Crippen molar-refractivity contribution < 1.29 is 9.53 Å². The summed E-state index contributed by atoms with van der Waals surface area (Å²) in [6.07, 6.45) is 0.928. The average molecular weight is 445 g/mol. The maximum absolute atomic E-state index is 12.6. The minimum absolute atomic E-state index is 0.216. The molecule has 0 fully saturated rings. The van der Waals surface area contributed by atoms with E-state index in [1.165, 1.54) is 0 Å². The van der Waals surface area contributed by atoms with E-state index in [1.807, 2.05) is 6.07 Å². The van der Waals surface area contributed by atoms with Gasteiger partial charge in [-0.25, -0.2) is 0 Å². The lowest BCUT2D eigenvalue weighted by atomic mass is 10.1. The molecule has 0 aromatic heterocycles. The zero-order chi connectivity index (χ0) is 18.4. The van der Waals surface area contributed by atoms with Crippen LogP contribution in [0, 0.1) is 5.92 Å². The van der Waals surface area contributed by atoms with E-state index in [9.17, 15) is 4.79 Å². The number of amides is 1. The summed E-state index contributed by atoms with van der Waals surface area (Å²) in [5.41, 5.74) is 1.29. The van der Waals surface area contributed by atoms with Gasteiger partial charge in [-0.2, -0.15) is 0 Å². The first-order valence-corrected chi connectivity index (χ1v) is 9.56. The van der Waals surface area contributed by atoms with E-state index >= 15 is 0 Å². The van der Waals surface area contributed by atoms with Gasteiger partial charge in [0.2, 0.25) is 0 Å². The fourth-order valence-electron chi connectivity index (χ4n) is 2.15. The molecular formula is C19H20BrCl2NO2. The molecule has 2 aromatic carbocycles. The van der Waals surface area contributed by atoms with E-state index in [0.29, 0.717) is 40.4 Å². The van der Waals surface area contributed by atoms with Crippen LogP contribution in [0.5, 0.6) is 5.75 Å². The van der Waals surface area contributed by atoms with Gasteiger partial charge < -0.3 is 10.1 Å². The Morgan fingerprint density at radius 1 is 1.20 bits per heavy atom. The highest BCUT2D eigenvalue weighted by molar-refractivity contribution is 9.10. The van der Waals surface area contributed by atoms with Crippen LogP contribution >= 0.6 is 39.1 Å². The van der Waals surface area contributed by atoms with Gasteiger partial charge in [-0.3, -0.25) is 4.79 Å². The van der Waals surface area contributed by atoms with Crippen LogP contribution in [0.15, 0.2) is 40.9 Å². The van der Waals surface area contributed by atoms with Crippen LogP contribution in [0.2, 0.25) is 10.0 Å². The Morgan fingerprint density at radius 3 is 2.64 bits per heavy atom. The summed E-state index contributed by atoms with van der Waals surface area (Å²) in [5.74, 6) is 0.898.